The van der Waals surface area contributed by atoms with E-state index in [1.165, 1.54) is 22.3 Å². The zero-order valence-corrected chi connectivity index (χ0v) is 23.4. The summed E-state index contributed by atoms with van der Waals surface area (Å²) >= 11 is 0. The van der Waals surface area contributed by atoms with E-state index >= 15 is 0 Å². The van der Waals surface area contributed by atoms with Crippen LogP contribution >= 0.6 is 0 Å². The van der Waals surface area contributed by atoms with Crippen LogP contribution in [0, 0.1) is 0 Å². The van der Waals surface area contributed by atoms with E-state index in [1.54, 1.807) is 0 Å². The number of anilines is 6. The second-order valence-corrected chi connectivity index (χ2v) is 11.1. The maximum atomic E-state index is 2.39. The molecule has 1 aliphatic carbocycles. The summed E-state index contributed by atoms with van der Waals surface area (Å²) < 4.78 is 0. The lowest BCUT2D eigenvalue weighted by atomic mass is 9.82. The minimum Gasteiger partial charge on any atom is -0.311 e. The van der Waals surface area contributed by atoms with Crippen LogP contribution in [-0.2, 0) is 5.41 Å². The van der Waals surface area contributed by atoms with Gasteiger partial charge in [0.1, 0.15) is 0 Å². The molecule has 0 aliphatic heterocycles. The molecular weight excluding hydrogens is 496 g/mol. The Morgan fingerprint density at radius 1 is 0.341 bits per heavy atom. The van der Waals surface area contributed by atoms with E-state index in [1.807, 2.05) is 0 Å². The van der Waals surface area contributed by atoms with Gasteiger partial charge in [-0.3, -0.25) is 0 Å². The van der Waals surface area contributed by atoms with E-state index in [9.17, 15) is 0 Å². The number of rotatable bonds is 6. The molecule has 0 amide bonds. The van der Waals surface area contributed by atoms with Gasteiger partial charge < -0.3 is 9.80 Å². The normalized spacial score (nSPS) is 12.8. The first-order valence-electron chi connectivity index (χ1n) is 14.2. The summed E-state index contributed by atoms with van der Waals surface area (Å²) in [4.78, 5) is 4.66. The largest absolute Gasteiger partial charge is 0.311 e. The van der Waals surface area contributed by atoms with Crippen molar-refractivity contribution >= 4 is 34.1 Å². The summed E-state index contributed by atoms with van der Waals surface area (Å²) in [6.45, 7) is 4.68. The van der Waals surface area contributed by atoms with Crippen molar-refractivity contribution < 1.29 is 0 Å². The predicted molar refractivity (Wildman–Crippen MR) is 173 cm³/mol. The molecule has 7 rings (SSSR count). The van der Waals surface area contributed by atoms with E-state index in [-0.39, 0.29) is 5.41 Å². The fourth-order valence-electron chi connectivity index (χ4n) is 6.21. The van der Waals surface area contributed by atoms with Gasteiger partial charge in [-0.25, -0.2) is 0 Å². The van der Waals surface area contributed by atoms with Crippen molar-refractivity contribution in [1.82, 2.24) is 0 Å². The van der Waals surface area contributed by atoms with Crippen molar-refractivity contribution in [3.63, 3.8) is 0 Å². The fraction of sp³-hybridized carbons (Fsp3) is 0.0769. The van der Waals surface area contributed by atoms with Crippen LogP contribution in [0.25, 0.3) is 11.1 Å². The van der Waals surface area contributed by atoms with Crippen molar-refractivity contribution in [2.75, 3.05) is 9.80 Å². The SMILES string of the molecule is CC1(C)c2ccccc2-c2ccc(N(c3ccccc3)c3ccc(N(c4ccccc4)c4ccccc4)cc3)cc21. The van der Waals surface area contributed by atoms with E-state index in [0.717, 1.165) is 34.1 Å². The zero-order chi connectivity index (χ0) is 27.8. The van der Waals surface area contributed by atoms with Crippen LogP contribution in [0.5, 0.6) is 0 Å². The molecule has 0 atom stereocenters. The maximum Gasteiger partial charge on any atom is 0.0465 e. The summed E-state index contributed by atoms with van der Waals surface area (Å²) in [5, 5.41) is 0. The number of hydrogen-bond donors (Lipinski definition) is 0. The fourth-order valence-corrected chi connectivity index (χ4v) is 6.21. The third-order valence-corrected chi connectivity index (χ3v) is 8.23. The van der Waals surface area contributed by atoms with E-state index in [4.69, 9.17) is 0 Å². The third-order valence-electron chi connectivity index (χ3n) is 8.23. The highest BCUT2D eigenvalue weighted by Crippen LogP contribution is 2.50. The topological polar surface area (TPSA) is 6.48 Å². The van der Waals surface area contributed by atoms with Crippen LogP contribution in [0.15, 0.2) is 158 Å². The molecule has 0 N–H and O–H groups in total. The van der Waals surface area contributed by atoms with Crippen LogP contribution in [0.4, 0.5) is 34.1 Å². The molecule has 2 nitrogen and oxygen atoms in total. The van der Waals surface area contributed by atoms with Crippen LogP contribution in [0.3, 0.4) is 0 Å². The van der Waals surface area contributed by atoms with Crippen LogP contribution in [0.2, 0.25) is 0 Å². The zero-order valence-electron chi connectivity index (χ0n) is 23.4. The van der Waals surface area contributed by atoms with Crippen LogP contribution < -0.4 is 9.80 Å². The second-order valence-electron chi connectivity index (χ2n) is 11.1. The Labute approximate surface area is 242 Å². The number of nitrogens with zero attached hydrogens (tertiary/aromatic N) is 2. The van der Waals surface area contributed by atoms with Crippen LogP contribution in [-0.4, -0.2) is 0 Å². The molecule has 0 radical (unpaired) electrons. The molecule has 0 saturated heterocycles. The molecule has 0 unspecified atom stereocenters. The first-order chi connectivity index (χ1) is 20.1. The predicted octanol–water partition coefficient (Wildman–Crippen LogP) is 10.9. The summed E-state index contributed by atoms with van der Waals surface area (Å²) in [6.07, 6.45) is 0. The highest BCUT2D eigenvalue weighted by Gasteiger charge is 2.35. The molecule has 0 saturated carbocycles. The molecule has 0 bridgehead atoms. The Kier molecular flexibility index (Phi) is 6.17. The molecule has 0 aromatic heterocycles. The first kappa shape index (κ1) is 24.9. The van der Waals surface area contributed by atoms with Crippen molar-refractivity contribution in [2.45, 2.75) is 19.3 Å². The number of para-hydroxylation sites is 3. The van der Waals surface area contributed by atoms with E-state index < -0.39 is 0 Å². The summed E-state index contributed by atoms with van der Waals surface area (Å²) in [6, 6.07) is 56.4. The maximum absolute atomic E-state index is 2.39. The van der Waals surface area contributed by atoms with Crippen molar-refractivity contribution in [3.8, 4) is 11.1 Å². The quantitative estimate of drug-likeness (QED) is 0.212. The van der Waals surface area contributed by atoms with E-state index in [2.05, 4.69) is 181 Å². The van der Waals surface area contributed by atoms with Gasteiger partial charge in [0.05, 0.1) is 0 Å². The lowest BCUT2D eigenvalue weighted by Crippen LogP contribution is -2.16. The van der Waals surface area contributed by atoms with Crippen molar-refractivity contribution in [2.24, 2.45) is 0 Å². The van der Waals surface area contributed by atoms with Gasteiger partial charge in [-0.1, -0.05) is 98.8 Å². The lowest BCUT2D eigenvalue weighted by molar-refractivity contribution is 0.660. The average molecular weight is 529 g/mol. The van der Waals surface area contributed by atoms with Gasteiger partial charge in [0, 0.05) is 39.5 Å². The molecule has 0 spiro atoms. The van der Waals surface area contributed by atoms with Gasteiger partial charge in [-0.2, -0.15) is 0 Å². The Bertz CT molecular complexity index is 1750. The Balaban J connectivity index is 1.32. The minimum atomic E-state index is -0.0555. The first-order valence-corrected chi connectivity index (χ1v) is 14.2. The molecule has 198 valence electrons. The molecule has 0 heterocycles. The Hall–Kier alpha value is -5.08. The number of fused-ring (bicyclic) bond motifs is 3. The van der Waals surface area contributed by atoms with Gasteiger partial charge in [-0.15, -0.1) is 0 Å². The summed E-state index contributed by atoms with van der Waals surface area (Å²) in [5.74, 6) is 0. The van der Waals surface area contributed by atoms with E-state index in [0.29, 0.717) is 0 Å². The molecule has 1 aliphatic rings. The molecular formula is C39H32N2. The minimum absolute atomic E-state index is 0.0555. The standard InChI is InChI=1S/C39H32N2/c1-39(2)37-21-13-12-20-35(37)36-27-26-34(28-38(36)39)41(31-18-10-5-11-19-31)33-24-22-32(23-25-33)40(29-14-6-3-7-15-29)30-16-8-4-9-17-30/h3-28H,1-2H3. The molecule has 0 fully saturated rings. The second kappa shape index (κ2) is 10.1. The van der Waals surface area contributed by atoms with Gasteiger partial charge in [0.15, 0.2) is 0 Å². The van der Waals surface area contributed by atoms with Crippen LogP contribution in [0.1, 0.15) is 25.0 Å². The van der Waals surface area contributed by atoms with Gasteiger partial charge in [0.25, 0.3) is 0 Å². The van der Waals surface area contributed by atoms with Crippen molar-refractivity contribution in [1.29, 1.82) is 0 Å². The molecule has 2 heteroatoms. The Morgan fingerprint density at radius 3 is 1.22 bits per heavy atom. The lowest BCUT2D eigenvalue weighted by Gasteiger charge is -2.29. The van der Waals surface area contributed by atoms with Gasteiger partial charge in [0.2, 0.25) is 0 Å². The van der Waals surface area contributed by atoms with Gasteiger partial charge >= 0.3 is 0 Å². The van der Waals surface area contributed by atoms with Crippen molar-refractivity contribution in [3.05, 3.63) is 169 Å². The molecule has 41 heavy (non-hydrogen) atoms. The van der Waals surface area contributed by atoms with Gasteiger partial charge in [-0.05, 0) is 95.1 Å². The summed E-state index contributed by atoms with van der Waals surface area (Å²) in [7, 11) is 0. The highest BCUT2D eigenvalue weighted by atomic mass is 15.2. The number of hydrogen-bond acceptors (Lipinski definition) is 2. The smallest absolute Gasteiger partial charge is 0.0465 e. The average Bonchev–Trinajstić information content (AvgIpc) is 3.26. The third kappa shape index (κ3) is 4.38. The Morgan fingerprint density at radius 2 is 0.707 bits per heavy atom. The molecule has 6 aromatic rings. The monoisotopic (exact) mass is 528 g/mol. The molecule has 6 aromatic carbocycles. The number of benzene rings is 6. The summed E-state index contributed by atoms with van der Waals surface area (Å²) in [5.41, 5.74) is 12.2. The highest BCUT2D eigenvalue weighted by molar-refractivity contribution is 5.86.